The molecule has 0 aliphatic carbocycles. The molecular weight excluding hydrogens is 202 g/mol. The average molecular weight is 208 g/mol. The zero-order valence-corrected chi connectivity index (χ0v) is 8.17. The van der Waals surface area contributed by atoms with Crippen molar-refractivity contribution >= 4 is 27.5 Å². The monoisotopic (exact) mass is 208 g/mol. The molecule has 6 heteroatoms. The molecule has 2 rings (SSSR count). The van der Waals surface area contributed by atoms with E-state index in [4.69, 9.17) is 4.74 Å². The van der Waals surface area contributed by atoms with Gasteiger partial charge in [-0.05, 0) is 6.92 Å². The van der Waals surface area contributed by atoms with Gasteiger partial charge in [0, 0.05) is 0 Å². The maximum absolute atomic E-state index is 11.4. The van der Waals surface area contributed by atoms with Crippen LogP contribution in [-0.2, 0) is 4.74 Å². The Balaban J connectivity index is 2.50. The molecule has 0 saturated heterocycles. The first-order chi connectivity index (χ1) is 6.83. The number of ether oxygens (including phenoxy) is 1. The number of nitrogens with zero attached hydrogens (tertiary/aromatic N) is 3. The minimum atomic E-state index is -0.495. The van der Waals surface area contributed by atoms with Gasteiger partial charge in [0.15, 0.2) is 11.2 Å². The van der Waals surface area contributed by atoms with E-state index in [1.54, 1.807) is 13.1 Å². The van der Waals surface area contributed by atoms with Crippen LogP contribution in [0, 0.1) is 5.51 Å². The third-order valence-corrected chi connectivity index (χ3v) is 2.27. The van der Waals surface area contributed by atoms with Crippen molar-refractivity contribution in [2.24, 2.45) is 0 Å². The lowest BCUT2D eigenvalue weighted by atomic mass is 10.3. The minimum Gasteiger partial charge on any atom is -0.461 e. The Bertz CT molecular complexity index is 468. The smallest absolute Gasteiger partial charge is 0.361 e. The summed E-state index contributed by atoms with van der Waals surface area (Å²) in [4.78, 5) is 15.3. The van der Waals surface area contributed by atoms with Gasteiger partial charge >= 0.3 is 5.97 Å². The molecule has 2 aromatic rings. The van der Waals surface area contributed by atoms with Crippen molar-refractivity contribution in [2.45, 2.75) is 6.92 Å². The standard InChI is InChI=1S/C8H6N3O2S/c1-2-13-8(12)7-6-5(3-10-11-7)14-4-9-6/h3H,2H2,1H3. The van der Waals surface area contributed by atoms with Gasteiger partial charge in [0.2, 0.25) is 0 Å². The highest BCUT2D eigenvalue weighted by Crippen LogP contribution is 2.18. The summed E-state index contributed by atoms with van der Waals surface area (Å²) in [5.41, 5.74) is 3.34. The molecule has 0 saturated carbocycles. The Morgan fingerprint density at radius 2 is 2.57 bits per heavy atom. The third kappa shape index (κ3) is 1.44. The molecule has 0 aliphatic rings. The molecule has 0 amide bonds. The van der Waals surface area contributed by atoms with E-state index in [2.05, 4.69) is 20.7 Å². The zero-order valence-electron chi connectivity index (χ0n) is 7.35. The van der Waals surface area contributed by atoms with E-state index in [1.165, 1.54) is 11.3 Å². The first-order valence-electron chi connectivity index (χ1n) is 3.98. The Morgan fingerprint density at radius 3 is 3.36 bits per heavy atom. The van der Waals surface area contributed by atoms with Crippen molar-refractivity contribution in [2.75, 3.05) is 6.61 Å². The largest absolute Gasteiger partial charge is 0.461 e. The number of hydrogen-bond donors (Lipinski definition) is 0. The zero-order chi connectivity index (χ0) is 9.97. The summed E-state index contributed by atoms with van der Waals surface area (Å²) >= 11 is 1.29. The first-order valence-corrected chi connectivity index (χ1v) is 4.80. The van der Waals surface area contributed by atoms with Gasteiger partial charge in [-0.2, -0.15) is 5.10 Å². The van der Waals surface area contributed by atoms with Gasteiger partial charge in [0.25, 0.3) is 0 Å². The summed E-state index contributed by atoms with van der Waals surface area (Å²) in [6.45, 7) is 2.05. The summed E-state index contributed by atoms with van der Waals surface area (Å²) in [7, 11) is 0. The van der Waals surface area contributed by atoms with E-state index in [-0.39, 0.29) is 5.69 Å². The predicted molar refractivity (Wildman–Crippen MR) is 50.0 cm³/mol. The van der Waals surface area contributed by atoms with Crippen molar-refractivity contribution in [3.8, 4) is 0 Å². The average Bonchev–Trinajstić information content (AvgIpc) is 2.65. The van der Waals surface area contributed by atoms with Gasteiger partial charge in [-0.25, -0.2) is 9.78 Å². The second-order valence-corrected chi connectivity index (χ2v) is 3.26. The van der Waals surface area contributed by atoms with Crippen LogP contribution in [0.5, 0.6) is 0 Å². The topological polar surface area (TPSA) is 65.0 Å². The van der Waals surface area contributed by atoms with E-state index >= 15 is 0 Å². The normalized spacial score (nSPS) is 10.4. The number of fused-ring (bicyclic) bond motifs is 1. The van der Waals surface area contributed by atoms with Crippen LogP contribution in [0.15, 0.2) is 6.20 Å². The van der Waals surface area contributed by atoms with E-state index in [1.807, 2.05) is 0 Å². The molecule has 0 N–H and O–H groups in total. The third-order valence-electron chi connectivity index (χ3n) is 1.57. The van der Waals surface area contributed by atoms with Crippen LogP contribution in [0.4, 0.5) is 0 Å². The van der Waals surface area contributed by atoms with Crippen LogP contribution in [0.3, 0.4) is 0 Å². The Hall–Kier alpha value is -1.56. The molecule has 71 valence electrons. The van der Waals surface area contributed by atoms with Crippen LogP contribution >= 0.6 is 11.3 Å². The molecule has 2 heterocycles. The fourth-order valence-corrected chi connectivity index (χ4v) is 1.58. The second-order valence-electron chi connectivity index (χ2n) is 2.43. The van der Waals surface area contributed by atoms with Gasteiger partial charge < -0.3 is 4.74 Å². The molecule has 14 heavy (non-hydrogen) atoms. The number of esters is 1. The van der Waals surface area contributed by atoms with Crippen molar-refractivity contribution in [3.63, 3.8) is 0 Å². The van der Waals surface area contributed by atoms with E-state index in [9.17, 15) is 4.79 Å². The molecule has 0 aromatic carbocycles. The summed E-state index contributed by atoms with van der Waals surface area (Å²) < 4.78 is 5.60. The fraction of sp³-hybridized carbons (Fsp3) is 0.250. The van der Waals surface area contributed by atoms with Gasteiger partial charge in [-0.3, -0.25) is 0 Å². The lowest BCUT2D eigenvalue weighted by Crippen LogP contribution is -2.08. The fourth-order valence-electron chi connectivity index (χ4n) is 1.00. The Labute approximate surface area is 83.8 Å². The Morgan fingerprint density at radius 1 is 1.71 bits per heavy atom. The molecule has 1 radical (unpaired) electrons. The van der Waals surface area contributed by atoms with Gasteiger partial charge in [0.05, 0.1) is 17.5 Å². The van der Waals surface area contributed by atoms with Crippen LogP contribution in [0.1, 0.15) is 17.4 Å². The molecule has 0 fully saturated rings. The predicted octanol–water partition coefficient (Wildman–Crippen LogP) is 1.06. The summed E-state index contributed by atoms with van der Waals surface area (Å²) in [5, 5.41) is 7.39. The highest BCUT2D eigenvalue weighted by Gasteiger charge is 2.15. The first kappa shape index (κ1) is 9.01. The number of aromatic nitrogens is 3. The maximum atomic E-state index is 11.4. The van der Waals surface area contributed by atoms with E-state index < -0.39 is 5.97 Å². The second kappa shape index (κ2) is 3.67. The van der Waals surface area contributed by atoms with Crippen LogP contribution in [-0.4, -0.2) is 27.8 Å². The van der Waals surface area contributed by atoms with Gasteiger partial charge in [-0.1, -0.05) is 0 Å². The molecule has 5 nitrogen and oxygen atoms in total. The van der Waals surface area contributed by atoms with Crippen LogP contribution in [0.2, 0.25) is 0 Å². The SMILES string of the molecule is CCOC(=O)c1nncc2s[c]nc12. The van der Waals surface area contributed by atoms with Crippen molar-refractivity contribution in [1.82, 2.24) is 15.2 Å². The highest BCUT2D eigenvalue weighted by molar-refractivity contribution is 7.16. The van der Waals surface area contributed by atoms with E-state index in [0.717, 1.165) is 4.70 Å². The van der Waals surface area contributed by atoms with Gasteiger partial charge in [0.1, 0.15) is 5.52 Å². The number of carbonyl (C=O) groups excluding carboxylic acids is 1. The highest BCUT2D eigenvalue weighted by atomic mass is 32.1. The lowest BCUT2D eigenvalue weighted by Gasteiger charge is -1.99. The summed E-state index contributed by atoms with van der Waals surface area (Å²) in [6, 6.07) is 0. The molecule has 0 aliphatic heterocycles. The molecule has 0 unspecified atom stereocenters. The van der Waals surface area contributed by atoms with Crippen LogP contribution in [0.25, 0.3) is 10.2 Å². The summed E-state index contributed by atoms with van der Waals surface area (Å²) in [5.74, 6) is -0.495. The molecule has 0 spiro atoms. The lowest BCUT2D eigenvalue weighted by molar-refractivity contribution is 0.0520. The molecule has 2 aromatic heterocycles. The van der Waals surface area contributed by atoms with Crippen molar-refractivity contribution < 1.29 is 9.53 Å². The van der Waals surface area contributed by atoms with Crippen LogP contribution < -0.4 is 0 Å². The number of rotatable bonds is 2. The van der Waals surface area contributed by atoms with Crippen molar-refractivity contribution in [1.29, 1.82) is 0 Å². The quantitative estimate of drug-likeness (QED) is 0.690. The number of thiazole rings is 1. The maximum Gasteiger partial charge on any atom is 0.361 e. The minimum absolute atomic E-state index is 0.154. The number of hydrogen-bond acceptors (Lipinski definition) is 6. The molecule has 0 atom stereocenters. The molecular formula is C8H6N3O2S. The Kier molecular flexibility index (Phi) is 2.36. The number of carbonyl (C=O) groups is 1. The van der Waals surface area contributed by atoms with Gasteiger partial charge in [-0.15, -0.1) is 16.4 Å². The van der Waals surface area contributed by atoms with E-state index in [0.29, 0.717) is 12.1 Å². The summed E-state index contributed by atoms with van der Waals surface area (Å²) in [6.07, 6.45) is 1.55. The molecule has 0 bridgehead atoms. The van der Waals surface area contributed by atoms with Crippen molar-refractivity contribution in [3.05, 3.63) is 17.4 Å².